The van der Waals surface area contributed by atoms with Crippen molar-refractivity contribution in [1.82, 2.24) is 19.9 Å². The van der Waals surface area contributed by atoms with Gasteiger partial charge in [0.1, 0.15) is 16.9 Å². The van der Waals surface area contributed by atoms with Crippen molar-refractivity contribution in [2.24, 2.45) is 0 Å². The van der Waals surface area contributed by atoms with Gasteiger partial charge in [0, 0.05) is 68.7 Å². The predicted octanol–water partition coefficient (Wildman–Crippen LogP) is 9.29. The number of pyridine rings is 2. The van der Waals surface area contributed by atoms with E-state index in [1.807, 2.05) is 37.4 Å². The molecule has 56 heavy (non-hydrogen) atoms. The molecule has 0 spiro atoms. The molecular formula is C42H34F4N6O4. The maximum Gasteiger partial charge on any atom is 0.418 e. The minimum atomic E-state index is -4.72. The van der Waals surface area contributed by atoms with Gasteiger partial charge in [-0.1, -0.05) is 26.8 Å². The number of halogens is 4. The lowest BCUT2D eigenvalue weighted by molar-refractivity contribution is -0.136. The Balaban J connectivity index is 0.000000172. The molecule has 284 valence electrons. The largest absolute Gasteiger partial charge is 0.418 e. The van der Waals surface area contributed by atoms with Gasteiger partial charge >= 0.3 is 6.18 Å². The lowest BCUT2D eigenvalue weighted by Gasteiger charge is -2.23. The van der Waals surface area contributed by atoms with Crippen LogP contribution in [-0.2, 0) is 11.6 Å². The van der Waals surface area contributed by atoms with E-state index >= 15 is 0 Å². The Bertz CT molecular complexity index is 2970. The first-order chi connectivity index (χ1) is 26.5. The average Bonchev–Trinajstić information content (AvgIpc) is 3.80. The van der Waals surface area contributed by atoms with Crippen molar-refractivity contribution < 1.29 is 27.2 Å². The van der Waals surface area contributed by atoms with E-state index < -0.39 is 46.1 Å². The van der Waals surface area contributed by atoms with Crippen LogP contribution in [0, 0.1) is 12.7 Å². The van der Waals surface area contributed by atoms with Crippen LogP contribution in [0.25, 0.3) is 43.6 Å². The average molecular weight is 763 g/mol. The van der Waals surface area contributed by atoms with Gasteiger partial charge in [-0.3, -0.25) is 19.2 Å². The summed E-state index contributed by atoms with van der Waals surface area (Å²) in [5.74, 6) is -2.13. The fourth-order valence-electron chi connectivity index (χ4n) is 6.51. The molecule has 8 rings (SSSR count). The third kappa shape index (κ3) is 7.28. The van der Waals surface area contributed by atoms with Crippen LogP contribution in [0.3, 0.4) is 0 Å². The Kier molecular flexibility index (Phi) is 9.36. The molecule has 4 heterocycles. The van der Waals surface area contributed by atoms with Gasteiger partial charge in [0.2, 0.25) is 10.9 Å². The molecule has 6 N–H and O–H groups in total. The first-order valence-corrected chi connectivity index (χ1v) is 17.3. The molecule has 0 unspecified atom stereocenters. The SMILES string of the molecule is Cc1ccc2c(=O)c(C(=O)Nc3cc4[nH]ccc4cc3C(C)(C)C)c[nH]c2c1.O=C(Nc1cc2[nH]ccc2cc1C(F)(F)F)c1c[nH]c2ccc(F)cc2c1=O. The Morgan fingerprint density at radius 3 is 1.70 bits per heavy atom. The summed E-state index contributed by atoms with van der Waals surface area (Å²) in [4.78, 5) is 62.5. The molecule has 0 aliphatic carbocycles. The number of amides is 2. The summed E-state index contributed by atoms with van der Waals surface area (Å²) < 4.78 is 53.6. The summed E-state index contributed by atoms with van der Waals surface area (Å²) >= 11 is 0. The molecule has 14 heteroatoms. The summed E-state index contributed by atoms with van der Waals surface area (Å²) in [5.41, 5.74) is 2.01. The number of anilines is 2. The normalized spacial score (nSPS) is 11.9. The molecule has 0 fully saturated rings. The molecule has 0 atom stereocenters. The minimum Gasteiger partial charge on any atom is -0.361 e. The number of aromatic nitrogens is 4. The molecule has 10 nitrogen and oxygen atoms in total. The highest BCUT2D eigenvalue weighted by Crippen LogP contribution is 2.38. The van der Waals surface area contributed by atoms with Gasteiger partial charge in [0.05, 0.1) is 11.3 Å². The van der Waals surface area contributed by atoms with E-state index in [1.54, 1.807) is 6.07 Å². The molecule has 0 saturated heterocycles. The van der Waals surface area contributed by atoms with E-state index in [4.69, 9.17) is 0 Å². The third-order valence-corrected chi connectivity index (χ3v) is 9.36. The summed E-state index contributed by atoms with van der Waals surface area (Å²) in [6, 6.07) is 18.5. The van der Waals surface area contributed by atoms with Crippen LogP contribution in [0.1, 0.15) is 58.2 Å². The van der Waals surface area contributed by atoms with Crippen molar-refractivity contribution in [1.29, 1.82) is 0 Å². The van der Waals surface area contributed by atoms with Crippen molar-refractivity contribution in [3.05, 3.63) is 152 Å². The first kappa shape index (κ1) is 37.4. The van der Waals surface area contributed by atoms with Gasteiger partial charge in [-0.25, -0.2) is 4.39 Å². The molecule has 0 aliphatic heterocycles. The Labute approximate surface area is 315 Å². The number of benzene rings is 4. The smallest absolute Gasteiger partial charge is 0.361 e. The topological polar surface area (TPSA) is 155 Å². The van der Waals surface area contributed by atoms with Crippen LogP contribution in [0.4, 0.5) is 28.9 Å². The zero-order chi connectivity index (χ0) is 40.1. The highest BCUT2D eigenvalue weighted by atomic mass is 19.4. The highest BCUT2D eigenvalue weighted by molar-refractivity contribution is 6.08. The Hall–Kier alpha value is -6.96. The number of aromatic amines is 4. The van der Waals surface area contributed by atoms with Crippen LogP contribution in [0.15, 0.2) is 107 Å². The van der Waals surface area contributed by atoms with Gasteiger partial charge in [-0.2, -0.15) is 13.2 Å². The van der Waals surface area contributed by atoms with Crippen LogP contribution in [0.2, 0.25) is 0 Å². The predicted molar refractivity (Wildman–Crippen MR) is 210 cm³/mol. The molecule has 4 aromatic heterocycles. The molecule has 2 amide bonds. The second kappa shape index (κ2) is 14.0. The van der Waals surface area contributed by atoms with Crippen molar-refractivity contribution in [3.63, 3.8) is 0 Å². The summed E-state index contributed by atoms with van der Waals surface area (Å²) in [6.07, 6.45) is 1.20. The van der Waals surface area contributed by atoms with E-state index in [9.17, 15) is 36.7 Å². The number of hydrogen-bond acceptors (Lipinski definition) is 4. The van der Waals surface area contributed by atoms with Gasteiger partial charge < -0.3 is 30.6 Å². The van der Waals surface area contributed by atoms with E-state index in [0.717, 1.165) is 58.0 Å². The van der Waals surface area contributed by atoms with E-state index in [1.165, 1.54) is 24.5 Å². The van der Waals surface area contributed by atoms with Crippen molar-refractivity contribution in [2.45, 2.75) is 39.3 Å². The van der Waals surface area contributed by atoms with E-state index in [2.05, 4.69) is 57.4 Å². The Morgan fingerprint density at radius 1 is 0.589 bits per heavy atom. The van der Waals surface area contributed by atoms with Crippen LogP contribution in [0.5, 0.6) is 0 Å². The second-order valence-corrected chi connectivity index (χ2v) is 14.4. The van der Waals surface area contributed by atoms with Gasteiger partial charge in [-0.05, 0) is 95.6 Å². The summed E-state index contributed by atoms with van der Waals surface area (Å²) in [7, 11) is 0. The van der Waals surface area contributed by atoms with Crippen molar-refractivity contribution >= 4 is 66.8 Å². The van der Waals surface area contributed by atoms with E-state index in [0.29, 0.717) is 27.5 Å². The van der Waals surface area contributed by atoms with Gasteiger partial charge in [0.15, 0.2) is 0 Å². The van der Waals surface area contributed by atoms with Crippen molar-refractivity contribution in [3.8, 4) is 0 Å². The van der Waals surface area contributed by atoms with Gasteiger partial charge in [-0.15, -0.1) is 0 Å². The Morgan fingerprint density at radius 2 is 1.12 bits per heavy atom. The quantitative estimate of drug-likeness (QED) is 0.0989. The van der Waals surface area contributed by atoms with Crippen LogP contribution in [-0.4, -0.2) is 31.8 Å². The molecule has 0 saturated carbocycles. The standard InChI is InChI=1S/C23H23N3O2.C19H11F4N3O2/c1-13-5-6-15-19(9-13)25-12-16(21(15)27)22(28)26-20-11-18-14(7-8-24-18)10-17(20)23(2,3)4;20-10-1-2-14-11(6-10)17(27)12(8-25-14)18(28)26-16-7-15-9(3-4-24-15)5-13(16)19(21,22)23/h5-12,24H,1-4H3,(H,25,27)(H,26,28);1-8,24H,(H,25,27)(H,26,28). The minimum absolute atomic E-state index is 0.0801. The molecule has 0 bridgehead atoms. The van der Waals surface area contributed by atoms with Crippen LogP contribution < -0.4 is 21.5 Å². The number of rotatable bonds is 4. The maximum atomic E-state index is 13.4. The zero-order valence-electron chi connectivity index (χ0n) is 30.4. The molecule has 0 radical (unpaired) electrons. The summed E-state index contributed by atoms with van der Waals surface area (Å²) in [6.45, 7) is 8.26. The number of carbonyl (C=O) groups is 2. The van der Waals surface area contributed by atoms with Crippen LogP contribution >= 0.6 is 0 Å². The van der Waals surface area contributed by atoms with Crippen molar-refractivity contribution in [2.75, 3.05) is 10.6 Å². The summed E-state index contributed by atoms with van der Waals surface area (Å²) in [5, 5.41) is 6.93. The third-order valence-electron chi connectivity index (χ3n) is 9.36. The monoisotopic (exact) mass is 762 g/mol. The molecular weight excluding hydrogens is 728 g/mol. The molecule has 8 aromatic rings. The number of carbonyl (C=O) groups excluding carboxylic acids is 2. The number of H-pyrrole nitrogens is 4. The fourth-order valence-corrected chi connectivity index (χ4v) is 6.51. The number of fused-ring (bicyclic) bond motifs is 4. The second-order valence-electron chi connectivity index (χ2n) is 14.4. The maximum absolute atomic E-state index is 13.4. The lowest BCUT2D eigenvalue weighted by Crippen LogP contribution is -2.24. The molecule has 4 aromatic carbocycles. The number of nitrogens with one attached hydrogen (secondary N) is 6. The highest BCUT2D eigenvalue weighted by Gasteiger charge is 2.35. The number of aryl methyl sites for hydroxylation is 1. The zero-order valence-corrected chi connectivity index (χ0v) is 30.4. The first-order valence-electron chi connectivity index (χ1n) is 17.3. The number of alkyl halides is 3. The number of hydrogen-bond donors (Lipinski definition) is 6. The lowest BCUT2D eigenvalue weighted by atomic mass is 9.85. The van der Waals surface area contributed by atoms with Gasteiger partial charge in [0.25, 0.3) is 11.8 Å². The molecule has 0 aliphatic rings. The van der Waals surface area contributed by atoms with E-state index in [-0.39, 0.29) is 21.8 Å². The fraction of sp³-hybridized carbons (Fsp3) is 0.143.